The molecule has 0 unspecified atom stereocenters. The van der Waals surface area contributed by atoms with E-state index < -0.39 is 0 Å². The van der Waals surface area contributed by atoms with Gasteiger partial charge in [0.1, 0.15) is 5.75 Å². The summed E-state index contributed by atoms with van der Waals surface area (Å²) in [6.45, 7) is 2.37. The number of hydrogen-bond acceptors (Lipinski definition) is 6. The molecule has 2 aromatic rings. The number of nitrogen functional groups attached to an aromatic ring is 1. The van der Waals surface area contributed by atoms with E-state index in [-0.39, 0.29) is 5.78 Å². The van der Waals surface area contributed by atoms with E-state index in [0.717, 1.165) is 0 Å². The Bertz CT molecular complexity index is 864. The summed E-state index contributed by atoms with van der Waals surface area (Å²) < 4.78 is 21.8. The Balaban J connectivity index is 2.39. The third kappa shape index (κ3) is 4.54. The number of benzene rings is 2. The minimum absolute atomic E-state index is 0.221. The number of carbonyl (C=O) groups excluding carboxylic acids is 1. The Morgan fingerprint density at radius 3 is 2.26 bits per heavy atom. The molecule has 2 N–H and O–H groups in total. The van der Waals surface area contributed by atoms with Crippen LogP contribution in [0.4, 0.5) is 5.69 Å². The van der Waals surface area contributed by atoms with Crippen molar-refractivity contribution in [1.82, 2.24) is 0 Å². The van der Waals surface area contributed by atoms with Crippen LogP contribution in [0.15, 0.2) is 34.8 Å². The third-order valence-electron chi connectivity index (χ3n) is 3.81. The summed E-state index contributed by atoms with van der Waals surface area (Å²) in [7, 11) is 4.59. The fraction of sp³-hybridized carbons (Fsp3) is 0.250. The number of Topliss-reactive ketones (excluding diaryl/α,β-unsaturated/α-hetero) is 1. The highest BCUT2D eigenvalue weighted by atomic mass is 79.9. The summed E-state index contributed by atoms with van der Waals surface area (Å²) in [5, 5.41) is 0. The topological polar surface area (TPSA) is 80.0 Å². The maximum atomic E-state index is 12.7. The first-order valence-corrected chi connectivity index (χ1v) is 8.99. The van der Waals surface area contributed by atoms with Crippen molar-refractivity contribution in [1.29, 1.82) is 0 Å². The van der Waals surface area contributed by atoms with E-state index in [1.165, 1.54) is 14.2 Å². The highest BCUT2D eigenvalue weighted by Gasteiger charge is 2.17. The summed E-state index contributed by atoms with van der Waals surface area (Å²) in [4.78, 5) is 12.7. The summed E-state index contributed by atoms with van der Waals surface area (Å²) in [5.74, 6) is 1.78. The molecule has 0 aromatic heterocycles. The molecule has 0 atom stereocenters. The van der Waals surface area contributed by atoms with Crippen molar-refractivity contribution in [2.75, 3.05) is 33.7 Å². The molecule has 0 saturated carbocycles. The summed E-state index contributed by atoms with van der Waals surface area (Å²) in [5.41, 5.74) is 7.46. The van der Waals surface area contributed by atoms with Crippen LogP contribution in [0.2, 0.25) is 0 Å². The number of hydrogen-bond donors (Lipinski definition) is 1. The average molecular weight is 436 g/mol. The van der Waals surface area contributed by atoms with Crippen LogP contribution in [0.3, 0.4) is 0 Å². The smallest absolute Gasteiger partial charge is 0.203 e. The minimum Gasteiger partial charge on any atom is -0.493 e. The molecule has 2 rings (SSSR count). The summed E-state index contributed by atoms with van der Waals surface area (Å²) in [6, 6.07) is 8.47. The fourth-order valence-electron chi connectivity index (χ4n) is 2.55. The van der Waals surface area contributed by atoms with E-state index in [4.69, 9.17) is 24.7 Å². The predicted octanol–water partition coefficient (Wildman–Crippen LogP) is 4.31. The van der Waals surface area contributed by atoms with Crippen molar-refractivity contribution in [3.63, 3.8) is 0 Å². The second-order valence-electron chi connectivity index (χ2n) is 5.43. The van der Waals surface area contributed by atoms with Crippen molar-refractivity contribution >= 4 is 33.5 Å². The molecule has 0 aliphatic heterocycles. The van der Waals surface area contributed by atoms with Gasteiger partial charge < -0.3 is 24.7 Å². The largest absolute Gasteiger partial charge is 0.493 e. The second-order valence-corrected chi connectivity index (χ2v) is 6.28. The Kier molecular flexibility index (Phi) is 7.12. The Hall–Kier alpha value is -2.67. The summed E-state index contributed by atoms with van der Waals surface area (Å²) in [6.07, 6.45) is 1.66. The number of anilines is 1. The van der Waals surface area contributed by atoms with Gasteiger partial charge in [-0.05, 0) is 59.3 Å². The first kappa shape index (κ1) is 20.6. The van der Waals surface area contributed by atoms with Gasteiger partial charge in [0.05, 0.1) is 38.1 Å². The quantitative estimate of drug-likeness (QED) is 0.377. The monoisotopic (exact) mass is 435 g/mol. The number of allylic oxidation sites excluding steroid dienone is 1. The molecule has 0 fully saturated rings. The molecule has 0 bridgehead atoms. The SMILES string of the molecule is CCOc1ccc(C(=O)C(Br)=Cc2ccc(OC)c(OC)c2OC)cc1N. The van der Waals surface area contributed by atoms with Gasteiger partial charge in [-0.1, -0.05) is 0 Å². The van der Waals surface area contributed by atoms with Crippen LogP contribution in [-0.4, -0.2) is 33.7 Å². The summed E-state index contributed by atoms with van der Waals surface area (Å²) >= 11 is 3.35. The average Bonchev–Trinajstić information content (AvgIpc) is 2.68. The van der Waals surface area contributed by atoms with Gasteiger partial charge in [-0.15, -0.1) is 0 Å². The van der Waals surface area contributed by atoms with Gasteiger partial charge in [-0.2, -0.15) is 0 Å². The Morgan fingerprint density at radius 2 is 1.70 bits per heavy atom. The molecule has 0 amide bonds. The number of ether oxygens (including phenoxy) is 4. The number of methoxy groups -OCH3 is 3. The minimum atomic E-state index is -0.221. The number of halogens is 1. The lowest BCUT2D eigenvalue weighted by Gasteiger charge is -2.14. The molecular weight excluding hydrogens is 414 g/mol. The van der Waals surface area contributed by atoms with E-state index in [1.807, 2.05) is 6.92 Å². The van der Waals surface area contributed by atoms with Gasteiger partial charge in [0, 0.05) is 11.1 Å². The van der Waals surface area contributed by atoms with E-state index >= 15 is 0 Å². The van der Waals surface area contributed by atoms with E-state index in [9.17, 15) is 4.79 Å². The third-order valence-corrected chi connectivity index (χ3v) is 4.39. The van der Waals surface area contributed by atoms with Crippen molar-refractivity contribution in [2.24, 2.45) is 0 Å². The van der Waals surface area contributed by atoms with Gasteiger partial charge in [0.2, 0.25) is 5.75 Å². The van der Waals surface area contributed by atoms with Gasteiger partial charge in [0.25, 0.3) is 0 Å². The lowest BCUT2D eigenvalue weighted by Crippen LogP contribution is -2.03. The van der Waals surface area contributed by atoms with Crippen LogP contribution in [0.1, 0.15) is 22.8 Å². The Morgan fingerprint density at radius 1 is 1.04 bits per heavy atom. The highest BCUT2D eigenvalue weighted by molar-refractivity contribution is 9.12. The molecule has 0 saturated heterocycles. The van der Waals surface area contributed by atoms with E-state index in [2.05, 4.69) is 15.9 Å². The molecule has 0 heterocycles. The first-order valence-electron chi connectivity index (χ1n) is 8.19. The number of rotatable bonds is 8. The molecule has 0 aliphatic carbocycles. The maximum absolute atomic E-state index is 12.7. The van der Waals surface area contributed by atoms with Crippen LogP contribution in [0, 0.1) is 0 Å². The molecular formula is C20H22BrNO5. The van der Waals surface area contributed by atoms with Crippen LogP contribution in [-0.2, 0) is 0 Å². The number of ketones is 1. The fourth-order valence-corrected chi connectivity index (χ4v) is 3.03. The predicted molar refractivity (Wildman–Crippen MR) is 109 cm³/mol. The molecule has 0 spiro atoms. The van der Waals surface area contributed by atoms with E-state index in [0.29, 0.717) is 50.9 Å². The molecule has 7 heteroatoms. The normalized spacial score (nSPS) is 11.1. The zero-order valence-corrected chi connectivity index (χ0v) is 17.3. The Labute approximate surface area is 167 Å². The van der Waals surface area contributed by atoms with Gasteiger partial charge in [-0.3, -0.25) is 4.79 Å². The zero-order chi connectivity index (χ0) is 20.0. The zero-order valence-electron chi connectivity index (χ0n) is 15.7. The van der Waals surface area contributed by atoms with Crippen LogP contribution >= 0.6 is 15.9 Å². The number of carbonyl (C=O) groups is 1. The van der Waals surface area contributed by atoms with Gasteiger partial charge in [0.15, 0.2) is 17.3 Å². The van der Waals surface area contributed by atoms with Crippen molar-refractivity contribution in [3.8, 4) is 23.0 Å². The second kappa shape index (κ2) is 9.32. The molecule has 144 valence electrons. The molecule has 2 aromatic carbocycles. The maximum Gasteiger partial charge on any atom is 0.203 e. The lowest BCUT2D eigenvalue weighted by atomic mass is 10.1. The van der Waals surface area contributed by atoms with Crippen LogP contribution in [0.25, 0.3) is 6.08 Å². The highest BCUT2D eigenvalue weighted by Crippen LogP contribution is 2.41. The van der Waals surface area contributed by atoms with E-state index in [1.54, 1.807) is 43.5 Å². The van der Waals surface area contributed by atoms with Crippen molar-refractivity contribution in [3.05, 3.63) is 45.9 Å². The first-order chi connectivity index (χ1) is 13.0. The molecule has 6 nitrogen and oxygen atoms in total. The van der Waals surface area contributed by atoms with Gasteiger partial charge in [-0.25, -0.2) is 0 Å². The molecule has 27 heavy (non-hydrogen) atoms. The standard InChI is InChI=1S/C20H22BrNO5/c1-5-27-16-8-6-12(11-15(16)22)18(23)14(21)10-13-7-9-17(24-2)20(26-4)19(13)25-3/h6-11H,5,22H2,1-4H3. The van der Waals surface area contributed by atoms with Gasteiger partial charge >= 0.3 is 0 Å². The van der Waals surface area contributed by atoms with Crippen molar-refractivity contribution < 1.29 is 23.7 Å². The lowest BCUT2D eigenvalue weighted by molar-refractivity contribution is 0.104. The molecule has 0 radical (unpaired) electrons. The van der Waals surface area contributed by atoms with Crippen LogP contribution < -0.4 is 24.7 Å². The molecule has 0 aliphatic rings. The van der Waals surface area contributed by atoms with Crippen molar-refractivity contribution in [2.45, 2.75) is 6.92 Å². The number of nitrogens with two attached hydrogens (primary N) is 1. The van der Waals surface area contributed by atoms with Crippen LogP contribution in [0.5, 0.6) is 23.0 Å².